The Morgan fingerprint density at radius 2 is 1.69 bits per heavy atom. The average Bonchev–Trinajstić information content (AvgIpc) is 3.31. The van der Waals surface area contributed by atoms with E-state index in [1.165, 1.54) is 0 Å². The van der Waals surface area contributed by atoms with Crippen molar-refractivity contribution in [2.24, 2.45) is 44.8 Å². The maximum atomic E-state index is 14.5. The van der Waals surface area contributed by atoms with Crippen LogP contribution in [0.3, 0.4) is 0 Å². The van der Waals surface area contributed by atoms with Crippen molar-refractivity contribution in [3.8, 4) is 6.07 Å². The molecule has 0 bridgehead atoms. The first-order valence-corrected chi connectivity index (χ1v) is 14.9. The summed E-state index contributed by atoms with van der Waals surface area (Å²) in [5.74, 6) is 2.11. The van der Waals surface area contributed by atoms with Gasteiger partial charge in [-0.1, -0.05) is 60.1 Å². The van der Waals surface area contributed by atoms with E-state index in [0.29, 0.717) is 0 Å². The fraction of sp³-hybridized carbons (Fsp3) is 0.706. The Bertz CT molecular complexity index is 1390. The molecule has 5 aliphatic rings. The molecule has 0 aliphatic heterocycles. The fourth-order valence-electron chi connectivity index (χ4n) is 10.5. The third-order valence-corrected chi connectivity index (χ3v) is 13.2. The van der Waals surface area contributed by atoms with Gasteiger partial charge < -0.3 is 4.42 Å². The third-order valence-electron chi connectivity index (χ3n) is 13.2. The first-order chi connectivity index (χ1) is 18.1. The predicted molar refractivity (Wildman–Crippen MR) is 149 cm³/mol. The van der Waals surface area contributed by atoms with Crippen molar-refractivity contribution in [1.29, 1.82) is 5.26 Å². The van der Waals surface area contributed by atoms with Crippen LogP contribution in [0.4, 0.5) is 0 Å². The van der Waals surface area contributed by atoms with Crippen LogP contribution in [0.25, 0.3) is 0 Å². The first kappa shape index (κ1) is 26.7. The summed E-state index contributed by atoms with van der Waals surface area (Å²) in [5, 5.41) is 9.91. The van der Waals surface area contributed by atoms with Crippen molar-refractivity contribution in [3.63, 3.8) is 0 Å². The second-order valence-electron chi connectivity index (χ2n) is 15.6. The smallest absolute Gasteiger partial charge is 0.200 e. The Kier molecular flexibility index (Phi) is 5.37. The molecule has 8 atom stereocenters. The van der Waals surface area contributed by atoms with E-state index in [2.05, 4.69) is 45.7 Å². The molecule has 1 unspecified atom stereocenters. The minimum Gasteiger partial charge on any atom is -0.445 e. The quantitative estimate of drug-likeness (QED) is 0.378. The van der Waals surface area contributed by atoms with Crippen LogP contribution in [-0.4, -0.2) is 16.6 Å². The molecule has 0 radical (unpaired) electrons. The van der Waals surface area contributed by atoms with Crippen molar-refractivity contribution in [3.05, 3.63) is 41.1 Å². The number of nitriles is 1. The Hall–Kier alpha value is -2.48. The Morgan fingerprint density at radius 1 is 1.00 bits per heavy atom. The summed E-state index contributed by atoms with van der Waals surface area (Å²) in [6.07, 6.45) is 12.8. The van der Waals surface area contributed by atoms with Crippen LogP contribution >= 0.6 is 0 Å². The van der Waals surface area contributed by atoms with Crippen LogP contribution in [0, 0.1) is 63.1 Å². The summed E-state index contributed by atoms with van der Waals surface area (Å²) in [6.45, 7) is 17.6. The number of nitrogens with zero attached hydrogens (tertiary/aromatic N) is 2. The minimum atomic E-state index is -0.637. The molecular formula is C34H44N2O3. The number of hydrogen-bond donors (Lipinski definition) is 0. The molecule has 5 nitrogen and oxygen atoms in total. The molecule has 0 spiro atoms. The maximum absolute atomic E-state index is 14.5. The molecule has 1 aromatic rings. The lowest BCUT2D eigenvalue weighted by Crippen LogP contribution is -2.64. The molecule has 0 amide bonds. The number of ketones is 2. The number of fused-ring (bicyclic) bond motifs is 7. The number of Topliss-reactive ketones (excluding diaryl/α,β-unsaturated/α-hetero) is 1. The monoisotopic (exact) mass is 528 g/mol. The zero-order valence-corrected chi connectivity index (χ0v) is 25.0. The van der Waals surface area contributed by atoms with Crippen LogP contribution in [0.2, 0.25) is 0 Å². The lowest BCUT2D eigenvalue weighted by atomic mass is 9.34. The van der Waals surface area contributed by atoms with Gasteiger partial charge in [-0.3, -0.25) is 9.59 Å². The van der Waals surface area contributed by atoms with Gasteiger partial charge in [-0.05, 0) is 86.0 Å². The van der Waals surface area contributed by atoms with Crippen LogP contribution in [0.5, 0.6) is 0 Å². The Balaban J connectivity index is 1.48. The number of carbonyl (C=O) groups excluding carboxylic acids is 2. The van der Waals surface area contributed by atoms with E-state index in [4.69, 9.17) is 4.42 Å². The third kappa shape index (κ3) is 3.21. The molecule has 39 heavy (non-hydrogen) atoms. The molecule has 0 aromatic carbocycles. The molecule has 5 heteroatoms. The number of carbonyl (C=O) groups is 2. The largest absolute Gasteiger partial charge is 0.445 e. The Morgan fingerprint density at radius 3 is 2.33 bits per heavy atom. The number of hydrogen-bond acceptors (Lipinski definition) is 5. The van der Waals surface area contributed by atoms with E-state index in [0.717, 1.165) is 62.2 Å². The number of aromatic nitrogens is 1. The zero-order valence-electron chi connectivity index (χ0n) is 25.0. The molecule has 3 saturated carbocycles. The zero-order chi connectivity index (χ0) is 28.4. The molecule has 1 heterocycles. The highest BCUT2D eigenvalue weighted by atomic mass is 16.4. The van der Waals surface area contributed by atoms with E-state index in [-0.39, 0.29) is 56.6 Å². The highest BCUT2D eigenvalue weighted by Gasteiger charge is 2.69. The summed E-state index contributed by atoms with van der Waals surface area (Å²) >= 11 is 0. The first-order valence-electron chi connectivity index (χ1n) is 14.9. The SMILES string of the molecule is Cc1cnc([C@@]2(C)CC[C@]3(C)CC[C@]4(C)[C@H](C(=O)C=C5[C@@]6(C)C=C(C#N)C(=O)C(C)(C)C6CC[C@]54C)[C@@H]3C2)o1. The van der Waals surface area contributed by atoms with Gasteiger partial charge in [0, 0.05) is 22.2 Å². The van der Waals surface area contributed by atoms with E-state index in [1.807, 2.05) is 39.1 Å². The van der Waals surface area contributed by atoms with Gasteiger partial charge in [-0.2, -0.15) is 5.26 Å². The van der Waals surface area contributed by atoms with Crippen molar-refractivity contribution < 1.29 is 14.0 Å². The molecule has 0 N–H and O–H groups in total. The predicted octanol–water partition coefficient (Wildman–Crippen LogP) is 7.45. The molecule has 6 rings (SSSR count). The topological polar surface area (TPSA) is 84.0 Å². The van der Waals surface area contributed by atoms with E-state index in [9.17, 15) is 14.9 Å². The van der Waals surface area contributed by atoms with Crippen molar-refractivity contribution >= 4 is 11.6 Å². The van der Waals surface area contributed by atoms with Crippen molar-refractivity contribution in [2.75, 3.05) is 0 Å². The second kappa shape index (κ2) is 7.83. The molecule has 208 valence electrons. The van der Waals surface area contributed by atoms with Gasteiger partial charge >= 0.3 is 0 Å². The van der Waals surface area contributed by atoms with E-state index < -0.39 is 10.8 Å². The van der Waals surface area contributed by atoms with E-state index in [1.54, 1.807) is 0 Å². The van der Waals surface area contributed by atoms with Gasteiger partial charge in [0.25, 0.3) is 0 Å². The average molecular weight is 529 g/mol. The summed E-state index contributed by atoms with van der Waals surface area (Å²) in [6, 6.07) is 2.21. The number of aryl methyl sites for hydroxylation is 1. The molecule has 1 aromatic heterocycles. The lowest BCUT2D eigenvalue weighted by molar-refractivity contribution is -0.166. The standard InChI is InChI=1S/C34H44N2O3/c1-20-19-36-28(39-20)31(5)12-11-30(4)13-14-34(8)26(22(30)17-31)23(37)15-25-32(6)16-21(18-35)27(38)29(2,3)24(32)9-10-33(25,34)7/h15-16,19,22,24,26H,9-14,17H2,1-8H3/t22-,24?,26-,30+,31-,32-,33+,34+/m0/s1. The van der Waals surface area contributed by atoms with Crippen molar-refractivity contribution in [1.82, 2.24) is 4.98 Å². The van der Waals surface area contributed by atoms with Gasteiger partial charge in [-0.15, -0.1) is 0 Å². The summed E-state index contributed by atoms with van der Waals surface area (Å²) in [5.41, 5.74) is -0.139. The van der Waals surface area contributed by atoms with Crippen LogP contribution < -0.4 is 0 Å². The fourth-order valence-corrected chi connectivity index (χ4v) is 10.5. The van der Waals surface area contributed by atoms with Gasteiger partial charge in [0.05, 0.1) is 11.8 Å². The second-order valence-corrected chi connectivity index (χ2v) is 15.6. The van der Waals surface area contributed by atoms with Gasteiger partial charge in [0.2, 0.25) is 0 Å². The normalized spacial score (nSPS) is 46.6. The molecule has 0 saturated heterocycles. The van der Waals surface area contributed by atoms with Crippen LogP contribution in [0.15, 0.2) is 33.9 Å². The van der Waals surface area contributed by atoms with Gasteiger partial charge in [-0.25, -0.2) is 4.98 Å². The highest BCUT2D eigenvalue weighted by molar-refractivity contribution is 6.04. The van der Waals surface area contributed by atoms with Gasteiger partial charge in [0.1, 0.15) is 11.8 Å². The van der Waals surface area contributed by atoms with E-state index >= 15 is 0 Å². The lowest BCUT2D eigenvalue weighted by Gasteiger charge is -2.69. The minimum absolute atomic E-state index is 0.0559. The summed E-state index contributed by atoms with van der Waals surface area (Å²) < 4.78 is 6.09. The van der Waals surface area contributed by atoms with Gasteiger partial charge in [0.15, 0.2) is 17.5 Å². The number of allylic oxidation sites excluding steroid dienone is 4. The molecule has 3 fully saturated rings. The number of rotatable bonds is 1. The molecular weight excluding hydrogens is 484 g/mol. The summed E-state index contributed by atoms with van der Waals surface area (Å²) in [7, 11) is 0. The molecule has 5 aliphatic carbocycles. The Labute approximate surface area is 233 Å². The highest BCUT2D eigenvalue weighted by Crippen LogP contribution is 2.74. The van der Waals surface area contributed by atoms with Crippen LogP contribution in [0.1, 0.15) is 105 Å². The number of oxazole rings is 1. The van der Waals surface area contributed by atoms with Crippen LogP contribution in [-0.2, 0) is 15.0 Å². The summed E-state index contributed by atoms with van der Waals surface area (Å²) in [4.78, 5) is 32.4. The maximum Gasteiger partial charge on any atom is 0.200 e. The van der Waals surface area contributed by atoms with Crippen molar-refractivity contribution in [2.45, 2.75) is 106 Å².